The second-order valence-corrected chi connectivity index (χ2v) is 10.9. The molecule has 1 aromatic carbocycles. The lowest BCUT2D eigenvalue weighted by Gasteiger charge is -2.16. The van der Waals surface area contributed by atoms with Gasteiger partial charge in [-0.05, 0) is 45.9 Å². The molecule has 0 bridgehead atoms. The predicted molar refractivity (Wildman–Crippen MR) is 125 cm³/mol. The number of nitrogens with one attached hydrogen (secondary N) is 1. The van der Waals surface area contributed by atoms with Crippen LogP contribution in [0.3, 0.4) is 0 Å². The number of phenols is 1. The second-order valence-electron chi connectivity index (χ2n) is 6.81. The van der Waals surface area contributed by atoms with Crippen LogP contribution in [0, 0.1) is 0 Å². The van der Waals surface area contributed by atoms with E-state index >= 15 is 0 Å². The molecule has 0 aliphatic heterocycles. The van der Waals surface area contributed by atoms with Crippen LogP contribution in [0.5, 0.6) is 5.75 Å². The minimum atomic E-state index is -3.46. The van der Waals surface area contributed by atoms with Crippen LogP contribution in [-0.2, 0) is 10.0 Å². The molecule has 0 aliphatic rings. The molecule has 0 aliphatic carbocycles. The first kappa shape index (κ1) is 21.8. The van der Waals surface area contributed by atoms with Crippen molar-refractivity contribution in [1.82, 2.24) is 18.9 Å². The summed E-state index contributed by atoms with van der Waals surface area (Å²) in [6, 6.07) is 12.2. The third-order valence-electron chi connectivity index (χ3n) is 4.72. The number of phenolic OH excluding ortho intramolecular Hbond substituents is 1. The number of aromatic hydroxyl groups is 1. The molecule has 0 saturated heterocycles. The highest BCUT2D eigenvalue weighted by molar-refractivity contribution is 9.10. The SMILES string of the molecule is CN(CCCNc1cc(-c2ccccc2O)nc2c(Br)cnn12)S(=O)(=O)c1cccs1. The second kappa shape index (κ2) is 8.95. The summed E-state index contributed by atoms with van der Waals surface area (Å²) < 4.78 is 29.2. The van der Waals surface area contributed by atoms with Crippen LogP contribution in [0.1, 0.15) is 6.42 Å². The fourth-order valence-corrected chi connectivity index (χ4v) is 5.85. The lowest BCUT2D eigenvalue weighted by atomic mass is 10.1. The number of para-hydroxylation sites is 1. The van der Waals surface area contributed by atoms with Gasteiger partial charge >= 0.3 is 0 Å². The van der Waals surface area contributed by atoms with Crippen molar-refractivity contribution in [3.63, 3.8) is 0 Å². The van der Waals surface area contributed by atoms with Gasteiger partial charge in [0.1, 0.15) is 15.8 Å². The highest BCUT2D eigenvalue weighted by Crippen LogP contribution is 2.31. The number of rotatable bonds is 8. The van der Waals surface area contributed by atoms with E-state index in [1.807, 2.05) is 12.1 Å². The Morgan fingerprint density at radius 3 is 2.81 bits per heavy atom. The van der Waals surface area contributed by atoms with Gasteiger partial charge in [-0.3, -0.25) is 0 Å². The van der Waals surface area contributed by atoms with Gasteiger partial charge in [0.15, 0.2) is 5.65 Å². The lowest BCUT2D eigenvalue weighted by Crippen LogP contribution is -2.28. The monoisotopic (exact) mass is 521 g/mol. The molecule has 0 spiro atoms. The number of sulfonamides is 1. The average Bonchev–Trinajstić information content (AvgIpc) is 3.42. The Morgan fingerprint density at radius 1 is 1.26 bits per heavy atom. The zero-order chi connectivity index (χ0) is 22.0. The van der Waals surface area contributed by atoms with E-state index in [2.05, 4.69) is 31.3 Å². The molecule has 31 heavy (non-hydrogen) atoms. The fraction of sp³-hybridized carbons (Fsp3) is 0.200. The van der Waals surface area contributed by atoms with Crippen molar-refractivity contribution in [2.75, 3.05) is 25.5 Å². The summed E-state index contributed by atoms with van der Waals surface area (Å²) in [5, 5.41) is 19.6. The van der Waals surface area contributed by atoms with Gasteiger partial charge in [-0.25, -0.2) is 17.7 Å². The topological polar surface area (TPSA) is 99.8 Å². The molecule has 0 fully saturated rings. The fourth-order valence-electron chi connectivity index (χ4n) is 3.09. The van der Waals surface area contributed by atoms with Crippen molar-refractivity contribution < 1.29 is 13.5 Å². The van der Waals surface area contributed by atoms with Gasteiger partial charge in [0.05, 0.1) is 16.4 Å². The summed E-state index contributed by atoms with van der Waals surface area (Å²) in [4.78, 5) is 4.61. The molecular weight excluding hydrogens is 502 g/mol. The van der Waals surface area contributed by atoms with E-state index in [9.17, 15) is 13.5 Å². The zero-order valence-electron chi connectivity index (χ0n) is 16.6. The van der Waals surface area contributed by atoms with Crippen LogP contribution in [0.2, 0.25) is 0 Å². The number of hydrogen-bond acceptors (Lipinski definition) is 7. The Kier molecular flexibility index (Phi) is 6.28. The molecule has 4 aromatic rings. The van der Waals surface area contributed by atoms with E-state index in [1.165, 1.54) is 15.6 Å². The predicted octanol–water partition coefficient (Wildman–Crippen LogP) is 4.05. The summed E-state index contributed by atoms with van der Waals surface area (Å²) in [6.07, 6.45) is 2.25. The van der Waals surface area contributed by atoms with E-state index < -0.39 is 10.0 Å². The Morgan fingerprint density at radius 2 is 2.06 bits per heavy atom. The number of halogens is 1. The quantitative estimate of drug-likeness (QED) is 0.339. The number of thiophene rings is 1. The van der Waals surface area contributed by atoms with E-state index in [1.54, 1.807) is 53.5 Å². The zero-order valence-corrected chi connectivity index (χ0v) is 19.8. The molecule has 162 valence electrons. The third kappa shape index (κ3) is 4.45. The number of benzene rings is 1. The largest absolute Gasteiger partial charge is 0.507 e. The first-order valence-corrected chi connectivity index (χ1v) is 12.6. The van der Waals surface area contributed by atoms with Crippen molar-refractivity contribution >= 4 is 48.8 Å². The van der Waals surface area contributed by atoms with Crippen LogP contribution in [0.4, 0.5) is 5.82 Å². The van der Waals surface area contributed by atoms with Crippen molar-refractivity contribution in [2.45, 2.75) is 10.6 Å². The van der Waals surface area contributed by atoms with E-state index in [-0.39, 0.29) is 5.75 Å². The Bertz CT molecular complexity index is 1310. The Balaban J connectivity index is 1.50. The first-order chi connectivity index (χ1) is 14.9. The maximum Gasteiger partial charge on any atom is 0.252 e. The minimum absolute atomic E-state index is 0.140. The summed E-state index contributed by atoms with van der Waals surface area (Å²) in [5.41, 5.74) is 1.83. The molecule has 0 radical (unpaired) electrons. The van der Waals surface area contributed by atoms with Gasteiger partial charge in [0.25, 0.3) is 10.0 Å². The molecule has 11 heteroatoms. The average molecular weight is 522 g/mol. The van der Waals surface area contributed by atoms with Crippen LogP contribution in [0.15, 0.2) is 62.7 Å². The van der Waals surface area contributed by atoms with E-state index in [4.69, 9.17) is 0 Å². The number of hydrogen-bond donors (Lipinski definition) is 2. The normalized spacial score (nSPS) is 12.0. The third-order valence-corrected chi connectivity index (χ3v) is 8.51. The van der Waals surface area contributed by atoms with Crippen molar-refractivity contribution in [1.29, 1.82) is 0 Å². The maximum absolute atomic E-state index is 12.5. The summed E-state index contributed by atoms with van der Waals surface area (Å²) in [6.45, 7) is 0.900. The van der Waals surface area contributed by atoms with Crippen LogP contribution >= 0.6 is 27.3 Å². The van der Waals surface area contributed by atoms with Gasteiger partial charge in [0, 0.05) is 31.8 Å². The van der Waals surface area contributed by atoms with E-state index in [0.717, 1.165) is 4.47 Å². The van der Waals surface area contributed by atoms with Crippen molar-refractivity contribution in [2.24, 2.45) is 0 Å². The standard InChI is InChI=1S/C20H20BrN5O3S2/c1-25(31(28,29)19-8-4-11-30-19)10-5-9-22-18-12-16(14-6-2-3-7-17(14)27)24-20-15(21)13-23-26(18)20/h2-4,6-8,11-13,22,27H,5,9-10H2,1H3. The molecule has 4 rings (SSSR count). The minimum Gasteiger partial charge on any atom is -0.507 e. The summed E-state index contributed by atoms with van der Waals surface area (Å²) in [5.74, 6) is 0.832. The molecule has 8 nitrogen and oxygen atoms in total. The highest BCUT2D eigenvalue weighted by Gasteiger charge is 2.21. The van der Waals surface area contributed by atoms with Crippen LogP contribution in [-0.4, -0.2) is 52.6 Å². The molecule has 0 amide bonds. The van der Waals surface area contributed by atoms with Gasteiger partial charge in [-0.15, -0.1) is 11.3 Å². The highest BCUT2D eigenvalue weighted by atomic mass is 79.9. The van der Waals surface area contributed by atoms with Crippen LogP contribution in [0.25, 0.3) is 16.9 Å². The first-order valence-electron chi connectivity index (χ1n) is 9.44. The van der Waals surface area contributed by atoms with Gasteiger partial charge < -0.3 is 10.4 Å². The van der Waals surface area contributed by atoms with Crippen molar-refractivity contribution in [3.05, 3.63) is 58.5 Å². The number of aromatic nitrogens is 3. The molecule has 3 heterocycles. The van der Waals surface area contributed by atoms with Gasteiger partial charge in [0.2, 0.25) is 0 Å². The molecule has 0 saturated carbocycles. The maximum atomic E-state index is 12.5. The van der Waals surface area contributed by atoms with Gasteiger partial charge in [-0.2, -0.15) is 9.61 Å². The molecule has 0 unspecified atom stereocenters. The summed E-state index contributed by atoms with van der Waals surface area (Å²) in [7, 11) is -1.87. The van der Waals surface area contributed by atoms with Crippen LogP contribution < -0.4 is 5.32 Å². The number of nitrogens with zero attached hydrogens (tertiary/aromatic N) is 4. The molecular formula is C20H20BrN5O3S2. The molecule has 2 N–H and O–H groups in total. The number of fused-ring (bicyclic) bond motifs is 1. The lowest BCUT2D eigenvalue weighted by molar-refractivity contribution is 0.467. The smallest absolute Gasteiger partial charge is 0.252 e. The van der Waals surface area contributed by atoms with E-state index in [0.29, 0.717) is 46.4 Å². The Hall–Kier alpha value is -2.47. The Labute approximate surface area is 192 Å². The van der Waals surface area contributed by atoms with Crippen molar-refractivity contribution in [3.8, 4) is 17.0 Å². The summed E-state index contributed by atoms with van der Waals surface area (Å²) >= 11 is 4.67. The molecule has 3 aromatic heterocycles. The molecule has 0 atom stereocenters. The van der Waals surface area contributed by atoms with Gasteiger partial charge in [-0.1, -0.05) is 18.2 Å². The number of anilines is 1.